The highest BCUT2D eigenvalue weighted by molar-refractivity contribution is 7.94. The Morgan fingerprint density at radius 1 is 1.23 bits per heavy atom. The summed E-state index contributed by atoms with van der Waals surface area (Å²) in [4.78, 5) is 23.9. The van der Waals surface area contributed by atoms with Crippen molar-refractivity contribution in [3.05, 3.63) is 47.3 Å². The summed E-state index contributed by atoms with van der Waals surface area (Å²) < 4.78 is 32.2. The summed E-state index contributed by atoms with van der Waals surface area (Å²) in [6.07, 6.45) is 0.165. The van der Waals surface area contributed by atoms with Gasteiger partial charge in [0.15, 0.2) is 5.54 Å². The van der Waals surface area contributed by atoms with E-state index in [1.165, 1.54) is 30.3 Å². The SMILES string of the molecule is O=C(NC1(C(=O)O)CCOC1)c1cccc(NS(=O)(=O)c2cccs2)c1. The molecule has 1 saturated heterocycles. The molecule has 26 heavy (non-hydrogen) atoms. The summed E-state index contributed by atoms with van der Waals surface area (Å²) >= 11 is 1.07. The zero-order valence-corrected chi connectivity index (χ0v) is 15.1. The number of aliphatic carboxylic acids is 1. The number of carbonyl (C=O) groups excluding carboxylic acids is 1. The predicted molar refractivity (Wildman–Crippen MR) is 94.8 cm³/mol. The van der Waals surface area contributed by atoms with Crippen LogP contribution in [-0.4, -0.2) is 44.2 Å². The topological polar surface area (TPSA) is 122 Å². The average Bonchev–Trinajstić information content (AvgIpc) is 3.27. The summed E-state index contributed by atoms with van der Waals surface area (Å²) in [5, 5.41) is 13.5. The van der Waals surface area contributed by atoms with Crippen LogP contribution in [0.5, 0.6) is 0 Å². The van der Waals surface area contributed by atoms with E-state index < -0.39 is 27.4 Å². The molecule has 1 aromatic heterocycles. The predicted octanol–water partition coefficient (Wildman–Crippen LogP) is 1.52. The highest BCUT2D eigenvalue weighted by Crippen LogP contribution is 2.22. The van der Waals surface area contributed by atoms with E-state index in [1.54, 1.807) is 11.4 Å². The van der Waals surface area contributed by atoms with Gasteiger partial charge < -0.3 is 15.2 Å². The maximum Gasteiger partial charge on any atom is 0.331 e. The molecule has 0 radical (unpaired) electrons. The van der Waals surface area contributed by atoms with E-state index in [9.17, 15) is 23.1 Å². The largest absolute Gasteiger partial charge is 0.479 e. The van der Waals surface area contributed by atoms with Crippen LogP contribution < -0.4 is 10.0 Å². The van der Waals surface area contributed by atoms with Crippen LogP contribution in [0.25, 0.3) is 0 Å². The van der Waals surface area contributed by atoms with Crippen LogP contribution in [0.4, 0.5) is 5.69 Å². The highest BCUT2D eigenvalue weighted by Gasteiger charge is 2.44. The summed E-state index contributed by atoms with van der Waals surface area (Å²) in [5.74, 6) is -1.78. The van der Waals surface area contributed by atoms with Crippen molar-refractivity contribution in [3.63, 3.8) is 0 Å². The van der Waals surface area contributed by atoms with Gasteiger partial charge in [-0.2, -0.15) is 0 Å². The van der Waals surface area contributed by atoms with Gasteiger partial charge in [-0.3, -0.25) is 9.52 Å². The molecule has 1 amide bonds. The average molecular weight is 396 g/mol. The minimum absolute atomic E-state index is 0.112. The molecule has 8 nitrogen and oxygen atoms in total. The number of thiophene rings is 1. The van der Waals surface area contributed by atoms with Gasteiger partial charge in [-0.05, 0) is 29.6 Å². The first-order valence-corrected chi connectivity index (χ1v) is 9.99. The normalized spacial score (nSPS) is 19.8. The number of benzene rings is 1. The van der Waals surface area contributed by atoms with Gasteiger partial charge >= 0.3 is 5.97 Å². The fourth-order valence-electron chi connectivity index (χ4n) is 2.52. The van der Waals surface area contributed by atoms with Crippen molar-refractivity contribution in [2.75, 3.05) is 17.9 Å². The van der Waals surface area contributed by atoms with Crippen molar-refractivity contribution in [1.29, 1.82) is 0 Å². The van der Waals surface area contributed by atoms with Gasteiger partial charge in [0.2, 0.25) is 0 Å². The Labute approximate surface area is 153 Å². The van der Waals surface area contributed by atoms with Crippen LogP contribution in [0.3, 0.4) is 0 Å². The van der Waals surface area contributed by atoms with Gasteiger partial charge in [0.1, 0.15) is 4.21 Å². The monoisotopic (exact) mass is 396 g/mol. The smallest absolute Gasteiger partial charge is 0.331 e. The van der Waals surface area contributed by atoms with Gasteiger partial charge in [0.25, 0.3) is 15.9 Å². The number of anilines is 1. The number of nitrogens with one attached hydrogen (secondary N) is 2. The molecule has 3 N–H and O–H groups in total. The lowest BCUT2D eigenvalue weighted by atomic mass is 9.98. The van der Waals surface area contributed by atoms with E-state index >= 15 is 0 Å². The second-order valence-electron chi connectivity index (χ2n) is 5.76. The summed E-state index contributed by atoms with van der Waals surface area (Å²) in [5.41, 5.74) is -1.12. The molecule has 0 aliphatic carbocycles. The van der Waals surface area contributed by atoms with Crippen LogP contribution in [0, 0.1) is 0 Å². The molecule has 10 heteroatoms. The van der Waals surface area contributed by atoms with Crippen LogP contribution in [0.15, 0.2) is 46.0 Å². The number of hydrogen-bond acceptors (Lipinski definition) is 6. The molecule has 1 atom stereocenters. The van der Waals surface area contributed by atoms with Crippen molar-refractivity contribution in [3.8, 4) is 0 Å². The number of carboxylic acid groups (broad SMARTS) is 1. The van der Waals surface area contributed by atoms with Gasteiger partial charge in [-0.25, -0.2) is 13.2 Å². The van der Waals surface area contributed by atoms with E-state index in [2.05, 4.69) is 10.0 Å². The highest BCUT2D eigenvalue weighted by atomic mass is 32.2. The Morgan fingerprint density at radius 3 is 2.65 bits per heavy atom. The first kappa shape index (κ1) is 18.4. The van der Waals surface area contributed by atoms with E-state index in [4.69, 9.17) is 4.74 Å². The zero-order chi connectivity index (χ0) is 18.8. The number of hydrogen-bond donors (Lipinski definition) is 3. The van der Waals surface area contributed by atoms with Crippen LogP contribution in [0.2, 0.25) is 0 Å². The van der Waals surface area contributed by atoms with E-state index in [1.807, 2.05) is 0 Å². The van der Waals surface area contributed by atoms with E-state index in [0.29, 0.717) is 0 Å². The summed E-state index contributed by atoms with van der Waals surface area (Å²) in [7, 11) is -3.74. The Balaban J connectivity index is 1.79. The molecule has 1 aliphatic heterocycles. The lowest BCUT2D eigenvalue weighted by Gasteiger charge is -2.23. The second kappa shape index (κ2) is 7.06. The van der Waals surface area contributed by atoms with Crippen molar-refractivity contribution >= 4 is 38.9 Å². The van der Waals surface area contributed by atoms with Crippen molar-refractivity contribution < 1.29 is 27.9 Å². The van der Waals surface area contributed by atoms with Crippen LogP contribution in [0.1, 0.15) is 16.8 Å². The van der Waals surface area contributed by atoms with Crippen LogP contribution >= 0.6 is 11.3 Å². The summed E-state index contributed by atoms with van der Waals surface area (Å²) in [6, 6.07) is 8.95. The molecule has 0 saturated carbocycles. The minimum Gasteiger partial charge on any atom is -0.479 e. The third-order valence-corrected chi connectivity index (χ3v) is 6.70. The quantitative estimate of drug-likeness (QED) is 0.681. The molecule has 1 aromatic carbocycles. The van der Waals surface area contributed by atoms with E-state index in [0.717, 1.165) is 11.3 Å². The molecule has 1 unspecified atom stereocenters. The molecular weight excluding hydrogens is 380 g/mol. The molecule has 0 spiro atoms. The fourth-order valence-corrected chi connectivity index (χ4v) is 4.56. The standard InChI is InChI=1S/C16H16N2O6S2/c19-14(17-16(15(20)21)6-7-24-10-16)11-3-1-4-12(9-11)18-26(22,23)13-5-2-8-25-13/h1-5,8-9,18H,6-7,10H2,(H,17,19)(H,20,21). The second-order valence-corrected chi connectivity index (χ2v) is 8.62. The van der Waals surface area contributed by atoms with Crippen molar-refractivity contribution in [2.45, 2.75) is 16.2 Å². The Kier molecular flexibility index (Phi) is 4.99. The lowest BCUT2D eigenvalue weighted by molar-refractivity contribution is -0.144. The number of rotatable bonds is 6. The molecular formula is C16H16N2O6S2. The Bertz CT molecular complexity index is 918. The third-order valence-electron chi connectivity index (χ3n) is 3.92. The van der Waals surface area contributed by atoms with E-state index in [-0.39, 0.29) is 35.1 Å². The molecule has 2 heterocycles. The number of ether oxygens (including phenoxy) is 1. The maximum absolute atomic E-state index is 12.5. The third kappa shape index (κ3) is 3.71. The zero-order valence-electron chi connectivity index (χ0n) is 13.5. The number of carbonyl (C=O) groups is 2. The van der Waals surface area contributed by atoms with Gasteiger partial charge in [0.05, 0.1) is 6.61 Å². The maximum atomic E-state index is 12.5. The lowest BCUT2D eigenvalue weighted by Crippen LogP contribution is -2.55. The van der Waals surface area contributed by atoms with Gasteiger partial charge in [0, 0.05) is 24.3 Å². The number of sulfonamides is 1. The minimum atomic E-state index is -3.74. The number of carboxylic acids is 1. The first-order chi connectivity index (χ1) is 12.3. The molecule has 2 aromatic rings. The Hall–Kier alpha value is -2.43. The first-order valence-electron chi connectivity index (χ1n) is 7.62. The molecule has 0 bridgehead atoms. The molecule has 138 valence electrons. The summed E-state index contributed by atoms with van der Waals surface area (Å²) in [6.45, 7) is 0.131. The van der Waals surface area contributed by atoms with Crippen LogP contribution in [-0.2, 0) is 19.6 Å². The van der Waals surface area contributed by atoms with Crippen molar-refractivity contribution in [2.24, 2.45) is 0 Å². The molecule has 3 rings (SSSR count). The Morgan fingerprint density at radius 2 is 2.04 bits per heavy atom. The fraction of sp³-hybridized carbons (Fsp3) is 0.250. The van der Waals surface area contributed by atoms with Gasteiger partial charge in [-0.1, -0.05) is 12.1 Å². The molecule has 1 aliphatic rings. The molecule has 1 fully saturated rings. The van der Waals surface area contributed by atoms with Gasteiger partial charge in [-0.15, -0.1) is 11.3 Å². The van der Waals surface area contributed by atoms with Crippen molar-refractivity contribution in [1.82, 2.24) is 5.32 Å². The number of amides is 1.